The van der Waals surface area contributed by atoms with Crippen LogP contribution in [0.2, 0.25) is 0 Å². The van der Waals surface area contributed by atoms with E-state index in [-0.39, 0.29) is 18.2 Å². The molecule has 5 nitrogen and oxygen atoms in total. The first-order valence-corrected chi connectivity index (χ1v) is 8.88. The molecule has 0 aliphatic heterocycles. The summed E-state index contributed by atoms with van der Waals surface area (Å²) in [5.74, 6) is 0.367. The smallest absolute Gasteiger partial charge is 0.315 e. The van der Waals surface area contributed by atoms with Gasteiger partial charge >= 0.3 is 6.03 Å². The first kappa shape index (κ1) is 17.4. The van der Waals surface area contributed by atoms with Gasteiger partial charge in [0, 0.05) is 24.9 Å². The average molecular weight is 339 g/mol. The third-order valence-electron chi connectivity index (χ3n) is 4.71. The molecule has 1 aromatic carbocycles. The summed E-state index contributed by atoms with van der Waals surface area (Å²) in [6.07, 6.45) is 4.77. The summed E-state index contributed by atoms with van der Waals surface area (Å²) >= 11 is 0. The summed E-state index contributed by atoms with van der Waals surface area (Å²) in [5, 5.41) is 15.6. The fourth-order valence-corrected chi connectivity index (χ4v) is 3.35. The Bertz CT molecular complexity index is 663. The molecule has 132 valence electrons. The Hall–Kier alpha value is -2.40. The number of aromatic nitrogens is 1. The molecular formula is C20H25N3O2. The maximum Gasteiger partial charge on any atom is 0.315 e. The van der Waals surface area contributed by atoms with Crippen LogP contribution < -0.4 is 10.6 Å². The van der Waals surface area contributed by atoms with Crippen LogP contribution in [0.5, 0.6) is 0 Å². The molecule has 2 aromatic rings. The van der Waals surface area contributed by atoms with E-state index in [0.29, 0.717) is 18.9 Å². The molecule has 1 aliphatic carbocycles. The molecule has 2 amide bonds. The maximum absolute atomic E-state index is 12.4. The summed E-state index contributed by atoms with van der Waals surface area (Å²) in [5.41, 5.74) is 2.00. The second-order valence-electron chi connectivity index (χ2n) is 6.68. The van der Waals surface area contributed by atoms with E-state index in [1.54, 1.807) is 6.20 Å². The molecule has 3 N–H and O–H groups in total. The zero-order chi connectivity index (χ0) is 17.5. The molecule has 0 bridgehead atoms. The Morgan fingerprint density at radius 2 is 1.96 bits per heavy atom. The van der Waals surface area contributed by atoms with Crippen molar-refractivity contribution < 1.29 is 9.90 Å². The highest BCUT2D eigenvalue weighted by Gasteiger charge is 2.23. The highest BCUT2D eigenvalue weighted by atomic mass is 16.3. The standard InChI is InChI=1S/C20H25N3O2/c24-18-10-9-15(12-18)14-22-20(25)23-19(16-6-2-1-3-7-16)13-17-8-4-5-11-21-17/h1-8,11,15,18-19,24H,9-10,12-14H2,(H2,22,23,25)/t15-,18+,19+/m1/s1. The van der Waals surface area contributed by atoms with E-state index >= 15 is 0 Å². The van der Waals surface area contributed by atoms with Crippen LogP contribution in [0.25, 0.3) is 0 Å². The third-order valence-corrected chi connectivity index (χ3v) is 4.71. The summed E-state index contributed by atoms with van der Waals surface area (Å²) < 4.78 is 0. The minimum absolute atomic E-state index is 0.134. The number of aliphatic hydroxyl groups is 1. The van der Waals surface area contributed by atoms with Crippen molar-refractivity contribution in [3.05, 3.63) is 66.0 Å². The number of carbonyl (C=O) groups is 1. The summed E-state index contributed by atoms with van der Waals surface area (Å²) in [6, 6.07) is 15.4. The zero-order valence-electron chi connectivity index (χ0n) is 14.3. The second kappa shape index (κ2) is 8.62. The Morgan fingerprint density at radius 1 is 1.16 bits per heavy atom. The number of hydrogen-bond acceptors (Lipinski definition) is 3. The molecule has 3 rings (SSSR count). The van der Waals surface area contributed by atoms with Gasteiger partial charge in [0.25, 0.3) is 0 Å². The van der Waals surface area contributed by atoms with E-state index in [9.17, 15) is 9.90 Å². The van der Waals surface area contributed by atoms with Crippen LogP contribution in [0.1, 0.15) is 36.6 Å². The predicted octanol–water partition coefficient (Wildman–Crippen LogP) is 2.83. The van der Waals surface area contributed by atoms with E-state index in [1.807, 2.05) is 48.5 Å². The van der Waals surface area contributed by atoms with Gasteiger partial charge in [-0.2, -0.15) is 0 Å². The van der Waals surface area contributed by atoms with E-state index in [2.05, 4.69) is 15.6 Å². The number of amides is 2. The quantitative estimate of drug-likeness (QED) is 0.757. The lowest BCUT2D eigenvalue weighted by Crippen LogP contribution is -2.40. The first-order chi connectivity index (χ1) is 12.2. The summed E-state index contributed by atoms with van der Waals surface area (Å²) in [4.78, 5) is 16.7. The van der Waals surface area contributed by atoms with Crippen LogP contribution in [0, 0.1) is 5.92 Å². The minimum Gasteiger partial charge on any atom is -0.393 e. The zero-order valence-corrected chi connectivity index (χ0v) is 14.3. The van der Waals surface area contributed by atoms with Crippen LogP contribution in [-0.2, 0) is 6.42 Å². The number of nitrogens with zero attached hydrogens (tertiary/aromatic N) is 1. The molecular weight excluding hydrogens is 314 g/mol. The number of rotatable bonds is 6. The summed E-state index contributed by atoms with van der Waals surface area (Å²) in [7, 11) is 0. The molecule has 0 saturated heterocycles. The lowest BCUT2D eigenvalue weighted by molar-refractivity contribution is 0.177. The van der Waals surface area contributed by atoms with Crippen molar-refractivity contribution in [1.82, 2.24) is 15.6 Å². The van der Waals surface area contributed by atoms with Gasteiger partial charge in [-0.1, -0.05) is 36.4 Å². The average Bonchev–Trinajstić information content (AvgIpc) is 3.06. The molecule has 5 heteroatoms. The molecule has 1 heterocycles. The Morgan fingerprint density at radius 3 is 2.64 bits per heavy atom. The fraction of sp³-hybridized carbons (Fsp3) is 0.400. The first-order valence-electron chi connectivity index (χ1n) is 8.88. The SMILES string of the molecule is O=C(NC[C@@H]1CC[C@H](O)C1)N[C@@H](Cc1ccccn1)c1ccccc1. The second-order valence-corrected chi connectivity index (χ2v) is 6.68. The van der Waals surface area contributed by atoms with E-state index in [0.717, 1.165) is 30.5 Å². The number of hydrogen-bond donors (Lipinski definition) is 3. The van der Waals surface area contributed by atoms with Gasteiger partial charge in [-0.3, -0.25) is 4.98 Å². The van der Waals surface area contributed by atoms with Crippen molar-refractivity contribution in [1.29, 1.82) is 0 Å². The third kappa shape index (κ3) is 5.29. The maximum atomic E-state index is 12.4. The molecule has 1 aromatic heterocycles. The highest BCUT2D eigenvalue weighted by molar-refractivity contribution is 5.74. The van der Waals surface area contributed by atoms with Gasteiger partial charge in [0.15, 0.2) is 0 Å². The Kier molecular flexibility index (Phi) is 6.01. The number of nitrogens with one attached hydrogen (secondary N) is 2. The number of carbonyl (C=O) groups excluding carboxylic acids is 1. The van der Waals surface area contributed by atoms with Gasteiger partial charge in [0.2, 0.25) is 0 Å². The monoisotopic (exact) mass is 339 g/mol. The summed E-state index contributed by atoms with van der Waals surface area (Å²) in [6.45, 7) is 0.605. The highest BCUT2D eigenvalue weighted by Crippen LogP contribution is 2.24. The van der Waals surface area contributed by atoms with Gasteiger partial charge in [0.05, 0.1) is 12.1 Å². The lowest BCUT2D eigenvalue weighted by atomic mass is 10.0. The van der Waals surface area contributed by atoms with E-state index in [1.165, 1.54) is 0 Å². The van der Waals surface area contributed by atoms with Crippen molar-refractivity contribution in [2.24, 2.45) is 5.92 Å². The molecule has 0 unspecified atom stereocenters. The Balaban J connectivity index is 1.60. The van der Waals surface area contributed by atoms with E-state index in [4.69, 9.17) is 0 Å². The van der Waals surface area contributed by atoms with E-state index < -0.39 is 0 Å². The normalized spacial score (nSPS) is 20.8. The number of pyridine rings is 1. The number of urea groups is 1. The van der Waals surface area contributed by atoms with Crippen LogP contribution in [0.4, 0.5) is 4.79 Å². The van der Waals surface area contributed by atoms with Gasteiger partial charge < -0.3 is 15.7 Å². The van der Waals surface area contributed by atoms with Crippen molar-refractivity contribution in [2.45, 2.75) is 37.8 Å². The molecule has 1 fully saturated rings. The molecule has 3 atom stereocenters. The predicted molar refractivity (Wildman–Crippen MR) is 97.0 cm³/mol. The fourth-order valence-electron chi connectivity index (χ4n) is 3.35. The molecule has 0 radical (unpaired) electrons. The van der Waals surface area contributed by atoms with Crippen molar-refractivity contribution in [3.63, 3.8) is 0 Å². The number of aliphatic hydroxyl groups excluding tert-OH is 1. The van der Waals surface area contributed by atoms with Crippen molar-refractivity contribution >= 4 is 6.03 Å². The molecule has 0 spiro atoms. The minimum atomic E-state index is -0.212. The van der Waals surface area contributed by atoms with Crippen molar-refractivity contribution in [3.8, 4) is 0 Å². The topological polar surface area (TPSA) is 74.2 Å². The lowest BCUT2D eigenvalue weighted by Gasteiger charge is -2.20. The van der Waals surface area contributed by atoms with Gasteiger partial charge in [-0.05, 0) is 42.9 Å². The van der Waals surface area contributed by atoms with Gasteiger partial charge in [0.1, 0.15) is 0 Å². The van der Waals surface area contributed by atoms with Gasteiger partial charge in [-0.25, -0.2) is 4.79 Å². The molecule has 1 aliphatic rings. The van der Waals surface area contributed by atoms with Gasteiger partial charge in [-0.15, -0.1) is 0 Å². The molecule has 1 saturated carbocycles. The van der Waals surface area contributed by atoms with Crippen LogP contribution in [0.15, 0.2) is 54.7 Å². The van der Waals surface area contributed by atoms with Crippen LogP contribution >= 0.6 is 0 Å². The Labute approximate surface area is 148 Å². The molecule has 25 heavy (non-hydrogen) atoms. The largest absolute Gasteiger partial charge is 0.393 e. The van der Waals surface area contributed by atoms with Crippen LogP contribution in [0.3, 0.4) is 0 Å². The van der Waals surface area contributed by atoms with Crippen molar-refractivity contribution in [2.75, 3.05) is 6.54 Å². The van der Waals surface area contributed by atoms with Crippen LogP contribution in [-0.4, -0.2) is 28.8 Å². The number of benzene rings is 1.